The van der Waals surface area contributed by atoms with E-state index in [9.17, 15) is 14.0 Å². The van der Waals surface area contributed by atoms with Crippen LogP contribution in [0.3, 0.4) is 0 Å². The summed E-state index contributed by atoms with van der Waals surface area (Å²) in [6.07, 6.45) is 1.29. The van der Waals surface area contributed by atoms with Crippen molar-refractivity contribution >= 4 is 29.3 Å². The molecule has 2 aliphatic rings. The first-order chi connectivity index (χ1) is 9.90. The van der Waals surface area contributed by atoms with Gasteiger partial charge in [-0.2, -0.15) is 0 Å². The molecule has 0 radical (unpaired) electrons. The van der Waals surface area contributed by atoms with Crippen LogP contribution in [0.15, 0.2) is 18.2 Å². The Bertz CT molecular complexity index is 622. The predicted octanol–water partition coefficient (Wildman–Crippen LogP) is 2.53. The number of aryl methyl sites for hydroxylation is 1. The van der Waals surface area contributed by atoms with Gasteiger partial charge in [-0.05, 0) is 44.0 Å². The van der Waals surface area contributed by atoms with Gasteiger partial charge in [0, 0.05) is 17.9 Å². The van der Waals surface area contributed by atoms with E-state index in [0.717, 1.165) is 6.42 Å². The number of thioether (sulfide) groups is 1. The molecule has 2 aliphatic heterocycles. The fraction of sp³-hybridized carbons (Fsp3) is 0.467. The SMILES string of the molecule is Cc1cc(F)ccc1NC(=O)[C@H]1CS[C@@]2(C)CCC(=O)N12. The zero-order valence-electron chi connectivity index (χ0n) is 12.0. The summed E-state index contributed by atoms with van der Waals surface area (Å²) in [4.78, 5) is 26.0. The minimum absolute atomic E-state index is 0.0403. The molecule has 6 heteroatoms. The van der Waals surface area contributed by atoms with Crippen molar-refractivity contribution in [3.63, 3.8) is 0 Å². The highest BCUT2D eigenvalue weighted by Crippen LogP contribution is 2.47. The monoisotopic (exact) mass is 308 g/mol. The Morgan fingerprint density at radius 1 is 1.52 bits per heavy atom. The van der Waals surface area contributed by atoms with Crippen LogP contribution >= 0.6 is 11.8 Å². The fourth-order valence-corrected chi connectivity index (χ4v) is 4.43. The molecular weight excluding hydrogens is 291 g/mol. The average Bonchev–Trinajstić information content (AvgIpc) is 2.90. The summed E-state index contributed by atoms with van der Waals surface area (Å²) in [6.45, 7) is 3.76. The van der Waals surface area contributed by atoms with Crippen molar-refractivity contribution in [3.05, 3.63) is 29.6 Å². The quantitative estimate of drug-likeness (QED) is 0.913. The highest BCUT2D eigenvalue weighted by Gasteiger charge is 2.52. The molecule has 1 N–H and O–H groups in total. The molecule has 0 unspecified atom stereocenters. The summed E-state index contributed by atoms with van der Waals surface area (Å²) in [6, 6.07) is 3.80. The molecule has 2 atom stereocenters. The number of amides is 2. The van der Waals surface area contributed by atoms with Crippen LogP contribution in [0.2, 0.25) is 0 Å². The molecule has 0 bridgehead atoms. The highest BCUT2D eigenvalue weighted by molar-refractivity contribution is 8.01. The molecule has 0 saturated carbocycles. The second-order valence-electron chi connectivity index (χ2n) is 5.71. The van der Waals surface area contributed by atoms with E-state index in [1.807, 2.05) is 6.92 Å². The Hall–Kier alpha value is -1.56. The van der Waals surface area contributed by atoms with Crippen molar-refractivity contribution < 1.29 is 14.0 Å². The average molecular weight is 308 g/mol. The first kappa shape index (κ1) is 14.4. The summed E-state index contributed by atoms with van der Waals surface area (Å²) >= 11 is 1.66. The van der Waals surface area contributed by atoms with Gasteiger partial charge in [0.15, 0.2) is 0 Å². The standard InChI is InChI=1S/C15H17FN2O2S/c1-9-7-10(16)3-4-11(9)17-14(20)12-8-21-15(2)6-5-13(19)18(12)15/h3-4,7,12H,5-6,8H2,1-2H3,(H,17,20)/t12-,15+/m1/s1. The van der Waals surface area contributed by atoms with Gasteiger partial charge in [-0.15, -0.1) is 11.8 Å². The molecular formula is C15H17FN2O2S. The number of benzene rings is 1. The molecule has 3 rings (SSSR count). The summed E-state index contributed by atoms with van der Waals surface area (Å²) in [5, 5.41) is 2.82. The van der Waals surface area contributed by atoms with Crippen LogP contribution in [0.4, 0.5) is 10.1 Å². The van der Waals surface area contributed by atoms with Gasteiger partial charge in [0.2, 0.25) is 11.8 Å². The molecule has 1 aromatic carbocycles. The molecule has 0 aliphatic carbocycles. The Kier molecular flexibility index (Phi) is 3.43. The van der Waals surface area contributed by atoms with Gasteiger partial charge < -0.3 is 10.2 Å². The van der Waals surface area contributed by atoms with E-state index >= 15 is 0 Å². The number of carbonyl (C=O) groups excluding carboxylic acids is 2. The van der Waals surface area contributed by atoms with Crippen molar-refractivity contribution in [2.75, 3.05) is 11.1 Å². The van der Waals surface area contributed by atoms with Crippen molar-refractivity contribution in [1.82, 2.24) is 4.90 Å². The Balaban J connectivity index is 1.78. The predicted molar refractivity (Wildman–Crippen MR) is 80.5 cm³/mol. The molecule has 0 aromatic heterocycles. The Morgan fingerprint density at radius 2 is 2.29 bits per heavy atom. The minimum atomic E-state index is -0.445. The number of rotatable bonds is 2. The molecule has 4 nitrogen and oxygen atoms in total. The summed E-state index contributed by atoms with van der Waals surface area (Å²) in [5.74, 6) is 0.118. The third kappa shape index (κ3) is 2.41. The second kappa shape index (κ2) is 5.02. The van der Waals surface area contributed by atoms with Gasteiger partial charge in [0.1, 0.15) is 11.9 Å². The maximum absolute atomic E-state index is 13.1. The Labute approximate surface area is 127 Å². The lowest BCUT2D eigenvalue weighted by atomic mass is 10.1. The summed E-state index contributed by atoms with van der Waals surface area (Å²) in [5.41, 5.74) is 1.26. The van der Waals surface area contributed by atoms with Crippen LogP contribution < -0.4 is 5.32 Å². The molecule has 2 fully saturated rings. The van der Waals surface area contributed by atoms with E-state index < -0.39 is 6.04 Å². The van der Waals surface area contributed by atoms with Crippen LogP contribution in [0.1, 0.15) is 25.3 Å². The van der Waals surface area contributed by atoms with Crippen molar-refractivity contribution in [2.24, 2.45) is 0 Å². The lowest BCUT2D eigenvalue weighted by Gasteiger charge is -2.30. The maximum atomic E-state index is 13.1. The highest BCUT2D eigenvalue weighted by atomic mass is 32.2. The molecule has 0 spiro atoms. The van der Waals surface area contributed by atoms with Gasteiger partial charge in [0.25, 0.3) is 0 Å². The Morgan fingerprint density at radius 3 is 3.00 bits per heavy atom. The normalized spacial score (nSPS) is 27.9. The molecule has 2 saturated heterocycles. The van der Waals surface area contributed by atoms with Crippen LogP contribution in [0.5, 0.6) is 0 Å². The lowest BCUT2D eigenvalue weighted by Crippen LogP contribution is -2.48. The largest absolute Gasteiger partial charge is 0.324 e. The van der Waals surface area contributed by atoms with Crippen molar-refractivity contribution in [3.8, 4) is 0 Å². The van der Waals surface area contributed by atoms with Gasteiger partial charge in [-0.1, -0.05) is 0 Å². The number of hydrogen-bond acceptors (Lipinski definition) is 3. The van der Waals surface area contributed by atoms with E-state index in [0.29, 0.717) is 23.4 Å². The van der Waals surface area contributed by atoms with Gasteiger partial charge >= 0.3 is 0 Å². The van der Waals surface area contributed by atoms with E-state index in [4.69, 9.17) is 0 Å². The molecule has 2 heterocycles. The second-order valence-corrected chi connectivity index (χ2v) is 7.22. The molecule has 2 amide bonds. The topological polar surface area (TPSA) is 49.4 Å². The molecule has 112 valence electrons. The van der Waals surface area contributed by atoms with E-state index in [1.165, 1.54) is 12.1 Å². The number of carbonyl (C=O) groups is 2. The molecule has 21 heavy (non-hydrogen) atoms. The van der Waals surface area contributed by atoms with Gasteiger partial charge in [-0.25, -0.2) is 4.39 Å². The minimum Gasteiger partial charge on any atom is -0.324 e. The third-order valence-electron chi connectivity index (χ3n) is 4.19. The lowest BCUT2D eigenvalue weighted by molar-refractivity contribution is -0.135. The number of nitrogens with one attached hydrogen (secondary N) is 1. The fourth-order valence-electron chi connectivity index (χ4n) is 3.00. The van der Waals surface area contributed by atoms with Crippen LogP contribution in [0.25, 0.3) is 0 Å². The van der Waals surface area contributed by atoms with E-state index in [2.05, 4.69) is 5.32 Å². The number of halogens is 1. The zero-order valence-corrected chi connectivity index (χ0v) is 12.8. The summed E-state index contributed by atoms with van der Waals surface area (Å²) < 4.78 is 13.1. The first-order valence-electron chi connectivity index (χ1n) is 6.94. The van der Waals surface area contributed by atoms with E-state index in [-0.39, 0.29) is 22.5 Å². The van der Waals surface area contributed by atoms with Crippen LogP contribution in [-0.2, 0) is 9.59 Å². The van der Waals surface area contributed by atoms with E-state index in [1.54, 1.807) is 29.7 Å². The van der Waals surface area contributed by atoms with Crippen LogP contribution in [-0.4, -0.2) is 33.4 Å². The smallest absolute Gasteiger partial charge is 0.248 e. The third-order valence-corrected chi connectivity index (χ3v) is 5.70. The number of nitrogens with zero attached hydrogens (tertiary/aromatic N) is 1. The van der Waals surface area contributed by atoms with Gasteiger partial charge in [0.05, 0.1) is 4.87 Å². The van der Waals surface area contributed by atoms with Crippen molar-refractivity contribution in [1.29, 1.82) is 0 Å². The number of anilines is 1. The molecule has 1 aromatic rings. The number of hydrogen-bond donors (Lipinski definition) is 1. The maximum Gasteiger partial charge on any atom is 0.248 e. The zero-order chi connectivity index (χ0) is 15.2. The summed E-state index contributed by atoms with van der Waals surface area (Å²) in [7, 11) is 0. The van der Waals surface area contributed by atoms with Gasteiger partial charge in [-0.3, -0.25) is 9.59 Å². The van der Waals surface area contributed by atoms with Crippen LogP contribution in [0, 0.1) is 12.7 Å². The van der Waals surface area contributed by atoms with Crippen molar-refractivity contribution in [2.45, 2.75) is 37.6 Å². The first-order valence-corrected chi connectivity index (χ1v) is 7.92. The number of fused-ring (bicyclic) bond motifs is 1.